The summed E-state index contributed by atoms with van der Waals surface area (Å²) < 4.78 is 4.74. The van der Waals surface area contributed by atoms with Gasteiger partial charge in [-0.1, -0.05) is 30.3 Å². The van der Waals surface area contributed by atoms with Crippen molar-refractivity contribution >= 4 is 29.1 Å². The molecule has 1 N–H and O–H groups in total. The Labute approximate surface area is 157 Å². The summed E-state index contributed by atoms with van der Waals surface area (Å²) in [6.07, 6.45) is 1.50. The molecule has 27 heavy (non-hydrogen) atoms. The average molecular weight is 361 g/mol. The van der Waals surface area contributed by atoms with Gasteiger partial charge in [-0.2, -0.15) is 0 Å². The zero-order chi connectivity index (χ0) is 19.2. The Morgan fingerprint density at radius 1 is 0.963 bits per heavy atom. The molecule has 0 radical (unpaired) electrons. The van der Waals surface area contributed by atoms with Crippen molar-refractivity contribution in [1.82, 2.24) is 4.98 Å². The highest BCUT2D eigenvalue weighted by Crippen LogP contribution is 2.22. The smallest absolute Gasteiger partial charge is 0.339 e. The number of anilines is 3. The first-order chi connectivity index (χ1) is 13.1. The highest BCUT2D eigenvalue weighted by atomic mass is 16.5. The molecule has 0 fully saturated rings. The lowest BCUT2D eigenvalue weighted by molar-refractivity contribution is 0.0602. The lowest BCUT2D eigenvalue weighted by Gasteiger charge is -2.18. The van der Waals surface area contributed by atoms with E-state index < -0.39 is 5.97 Å². The van der Waals surface area contributed by atoms with Crippen molar-refractivity contribution in [2.24, 2.45) is 0 Å². The van der Waals surface area contributed by atoms with E-state index in [-0.39, 0.29) is 5.91 Å². The van der Waals surface area contributed by atoms with Gasteiger partial charge >= 0.3 is 5.97 Å². The fourth-order valence-corrected chi connectivity index (χ4v) is 2.58. The van der Waals surface area contributed by atoms with E-state index >= 15 is 0 Å². The van der Waals surface area contributed by atoms with Crippen molar-refractivity contribution in [2.45, 2.75) is 0 Å². The number of hydrogen-bond donors (Lipinski definition) is 1. The first-order valence-electron chi connectivity index (χ1n) is 8.33. The zero-order valence-corrected chi connectivity index (χ0v) is 15.0. The lowest BCUT2D eigenvalue weighted by atomic mass is 10.1. The largest absolute Gasteiger partial charge is 0.465 e. The molecule has 1 amide bonds. The number of amides is 1. The molecule has 0 atom stereocenters. The van der Waals surface area contributed by atoms with Gasteiger partial charge in [-0.15, -0.1) is 0 Å². The van der Waals surface area contributed by atoms with Crippen molar-refractivity contribution in [1.29, 1.82) is 0 Å². The van der Waals surface area contributed by atoms with Crippen LogP contribution in [0.1, 0.15) is 20.7 Å². The third-order valence-electron chi connectivity index (χ3n) is 4.08. The van der Waals surface area contributed by atoms with Crippen molar-refractivity contribution in [3.63, 3.8) is 0 Å². The normalized spacial score (nSPS) is 10.1. The van der Waals surface area contributed by atoms with E-state index in [0.29, 0.717) is 22.6 Å². The molecule has 0 saturated carbocycles. The summed E-state index contributed by atoms with van der Waals surface area (Å²) in [5.74, 6) is -0.149. The van der Waals surface area contributed by atoms with Crippen LogP contribution < -0.4 is 10.2 Å². The Kier molecular flexibility index (Phi) is 5.47. The Balaban J connectivity index is 1.76. The number of methoxy groups -OCH3 is 1. The summed E-state index contributed by atoms with van der Waals surface area (Å²) >= 11 is 0. The molecule has 0 spiro atoms. The maximum absolute atomic E-state index is 12.5. The monoisotopic (exact) mass is 361 g/mol. The number of hydrogen-bond acceptors (Lipinski definition) is 5. The molecule has 3 aromatic rings. The summed E-state index contributed by atoms with van der Waals surface area (Å²) in [5, 5.41) is 2.73. The van der Waals surface area contributed by atoms with E-state index in [1.807, 2.05) is 42.3 Å². The standard InChI is InChI=1S/C21H19N3O3/c1-24(16-8-4-3-5-9-16)19-13-12-15(14-22-19)20(25)23-18-11-7-6-10-17(18)21(26)27-2/h3-14H,1-2H3,(H,23,25). The van der Waals surface area contributed by atoms with Gasteiger partial charge in [-0.05, 0) is 36.4 Å². The van der Waals surface area contributed by atoms with Gasteiger partial charge in [-0.3, -0.25) is 4.79 Å². The summed E-state index contributed by atoms with van der Waals surface area (Å²) in [4.78, 5) is 30.6. The summed E-state index contributed by atoms with van der Waals surface area (Å²) in [6, 6.07) is 20.0. The summed E-state index contributed by atoms with van der Waals surface area (Å²) in [6.45, 7) is 0. The van der Waals surface area contributed by atoms with Crippen LogP contribution in [-0.4, -0.2) is 31.0 Å². The summed E-state index contributed by atoms with van der Waals surface area (Å²) in [5.41, 5.74) is 2.07. The van der Waals surface area contributed by atoms with E-state index in [0.717, 1.165) is 5.69 Å². The van der Waals surface area contributed by atoms with Crippen LogP contribution in [0.5, 0.6) is 0 Å². The number of nitrogens with zero attached hydrogens (tertiary/aromatic N) is 2. The van der Waals surface area contributed by atoms with Crippen LogP contribution >= 0.6 is 0 Å². The Bertz CT molecular complexity index is 940. The molecule has 6 nitrogen and oxygen atoms in total. The number of rotatable bonds is 5. The van der Waals surface area contributed by atoms with E-state index in [1.165, 1.54) is 13.3 Å². The lowest BCUT2D eigenvalue weighted by Crippen LogP contribution is -2.16. The SMILES string of the molecule is COC(=O)c1ccccc1NC(=O)c1ccc(N(C)c2ccccc2)nc1. The number of para-hydroxylation sites is 2. The highest BCUT2D eigenvalue weighted by molar-refractivity contribution is 6.07. The molecule has 136 valence electrons. The second kappa shape index (κ2) is 8.14. The molecule has 1 heterocycles. The van der Waals surface area contributed by atoms with Gasteiger partial charge in [0, 0.05) is 18.9 Å². The van der Waals surface area contributed by atoms with E-state index in [9.17, 15) is 9.59 Å². The predicted octanol–water partition coefficient (Wildman–Crippen LogP) is 3.89. The van der Waals surface area contributed by atoms with Gasteiger partial charge in [0.25, 0.3) is 5.91 Å². The number of nitrogens with one attached hydrogen (secondary N) is 1. The number of carbonyl (C=O) groups is 2. The minimum absolute atomic E-state index is 0.293. The number of aromatic nitrogens is 1. The minimum atomic E-state index is -0.510. The zero-order valence-electron chi connectivity index (χ0n) is 15.0. The molecule has 2 aromatic carbocycles. The molecular weight excluding hydrogens is 342 g/mol. The molecule has 0 aliphatic heterocycles. The molecule has 0 unspecified atom stereocenters. The Hall–Kier alpha value is -3.67. The molecule has 1 aromatic heterocycles. The quantitative estimate of drug-likeness (QED) is 0.698. The number of carbonyl (C=O) groups excluding carboxylic acids is 2. The van der Waals surface area contributed by atoms with Crippen molar-refractivity contribution < 1.29 is 14.3 Å². The Morgan fingerprint density at radius 3 is 2.33 bits per heavy atom. The average Bonchev–Trinajstić information content (AvgIpc) is 2.73. The van der Waals surface area contributed by atoms with Crippen molar-refractivity contribution in [2.75, 3.05) is 24.4 Å². The number of pyridine rings is 1. The fourth-order valence-electron chi connectivity index (χ4n) is 2.58. The van der Waals surface area contributed by atoms with E-state index in [1.54, 1.807) is 36.4 Å². The molecule has 0 aliphatic rings. The fraction of sp³-hybridized carbons (Fsp3) is 0.0952. The molecule has 3 rings (SSSR count). The predicted molar refractivity (Wildman–Crippen MR) is 104 cm³/mol. The van der Waals surface area contributed by atoms with Crippen LogP contribution in [0.3, 0.4) is 0 Å². The van der Waals surface area contributed by atoms with Crippen LogP contribution in [0.2, 0.25) is 0 Å². The van der Waals surface area contributed by atoms with Crippen molar-refractivity contribution in [3.8, 4) is 0 Å². The van der Waals surface area contributed by atoms with Gasteiger partial charge in [0.15, 0.2) is 0 Å². The molecule has 0 saturated heterocycles. The number of benzene rings is 2. The van der Waals surface area contributed by atoms with Gasteiger partial charge in [0.05, 0.1) is 23.9 Å². The van der Waals surface area contributed by atoms with Gasteiger partial charge in [0.1, 0.15) is 5.82 Å². The van der Waals surface area contributed by atoms with Crippen LogP contribution in [0.15, 0.2) is 72.9 Å². The summed E-state index contributed by atoms with van der Waals surface area (Å²) in [7, 11) is 3.21. The van der Waals surface area contributed by atoms with Gasteiger partial charge in [-0.25, -0.2) is 9.78 Å². The van der Waals surface area contributed by atoms with Crippen LogP contribution in [0.25, 0.3) is 0 Å². The van der Waals surface area contributed by atoms with Gasteiger partial charge < -0.3 is 15.0 Å². The maximum Gasteiger partial charge on any atom is 0.339 e. The van der Waals surface area contributed by atoms with Crippen LogP contribution in [-0.2, 0) is 4.74 Å². The second-order valence-electron chi connectivity index (χ2n) is 5.79. The topological polar surface area (TPSA) is 71.5 Å². The molecule has 0 aliphatic carbocycles. The first kappa shape index (κ1) is 18.1. The van der Waals surface area contributed by atoms with Crippen LogP contribution in [0, 0.1) is 0 Å². The van der Waals surface area contributed by atoms with E-state index in [4.69, 9.17) is 4.74 Å². The third-order valence-corrected chi connectivity index (χ3v) is 4.08. The Morgan fingerprint density at radius 2 is 1.67 bits per heavy atom. The third kappa shape index (κ3) is 4.12. The molecular formula is C21H19N3O3. The van der Waals surface area contributed by atoms with E-state index in [2.05, 4.69) is 10.3 Å². The molecule has 6 heteroatoms. The second-order valence-corrected chi connectivity index (χ2v) is 5.79. The molecule has 0 bridgehead atoms. The minimum Gasteiger partial charge on any atom is -0.465 e. The highest BCUT2D eigenvalue weighted by Gasteiger charge is 2.15. The maximum atomic E-state index is 12.5. The van der Waals surface area contributed by atoms with Crippen LogP contribution in [0.4, 0.5) is 17.2 Å². The van der Waals surface area contributed by atoms with Gasteiger partial charge in [0.2, 0.25) is 0 Å². The van der Waals surface area contributed by atoms with Crippen molar-refractivity contribution in [3.05, 3.63) is 84.1 Å². The number of esters is 1. The first-order valence-corrected chi connectivity index (χ1v) is 8.33. The number of ether oxygens (including phenoxy) is 1.